The fraction of sp³-hybridized carbons (Fsp3) is 0.519. The van der Waals surface area contributed by atoms with E-state index in [1.54, 1.807) is 31.2 Å². The smallest absolute Gasteiger partial charge is 0.224 e. The molecule has 7 N–H and O–H groups in total. The van der Waals surface area contributed by atoms with E-state index in [4.69, 9.17) is 14.2 Å². The van der Waals surface area contributed by atoms with Crippen LogP contribution in [0.5, 0.6) is 11.5 Å². The molecule has 0 bridgehead atoms. The van der Waals surface area contributed by atoms with Gasteiger partial charge in [0.25, 0.3) is 0 Å². The van der Waals surface area contributed by atoms with E-state index in [1.165, 1.54) is 0 Å². The van der Waals surface area contributed by atoms with E-state index in [9.17, 15) is 35.4 Å². The molecule has 210 valence electrons. The number of aryl methyl sites for hydroxylation is 1. The normalized spacial score (nSPS) is 25.8. The Labute approximate surface area is 221 Å². The molecule has 1 heterocycles. The molecule has 0 saturated carbocycles. The minimum Gasteiger partial charge on any atom is -0.457 e. The molecular weight excluding hydrogens is 498 g/mol. The Balaban J connectivity index is 1.60. The first-order valence-electron chi connectivity index (χ1n) is 12.5. The summed E-state index contributed by atoms with van der Waals surface area (Å²) >= 11 is 0. The predicted molar refractivity (Wildman–Crippen MR) is 135 cm³/mol. The van der Waals surface area contributed by atoms with E-state index in [0.29, 0.717) is 17.1 Å². The van der Waals surface area contributed by atoms with Crippen LogP contribution in [-0.2, 0) is 20.7 Å². The number of nitrogens with one attached hydrogen (secondary N) is 1. The zero-order valence-corrected chi connectivity index (χ0v) is 21.4. The third kappa shape index (κ3) is 7.95. The lowest BCUT2D eigenvalue weighted by Crippen LogP contribution is -2.60. The maximum absolute atomic E-state index is 12.8. The van der Waals surface area contributed by atoms with Crippen molar-refractivity contribution in [3.05, 3.63) is 59.7 Å². The average molecular weight is 536 g/mol. The van der Waals surface area contributed by atoms with Gasteiger partial charge in [-0.2, -0.15) is 0 Å². The standard InChI is InChI=1S/C27H37NO10/c1-3-20(30)23(32)19(14-36-27-26(35)25(34)24(33)21(13-29)38-27)28-22(31)12-16-6-10-18(11-7-16)37-17-8-4-15(2)5-9-17/h4-11,19-21,23-27,29-30,32-35H,3,12-14H2,1-2H3,(H,28,31)/t19-,20+,21?,23-,24+,25?,26-,27-/m0/s1. The molecule has 2 unspecified atom stereocenters. The van der Waals surface area contributed by atoms with Crippen LogP contribution in [-0.4, -0.2) is 98.7 Å². The summed E-state index contributed by atoms with van der Waals surface area (Å²) < 4.78 is 16.6. The van der Waals surface area contributed by atoms with Gasteiger partial charge in [0.1, 0.15) is 42.0 Å². The lowest BCUT2D eigenvalue weighted by Gasteiger charge is -2.40. The van der Waals surface area contributed by atoms with Crippen LogP contribution in [0.2, 0.25) is 0 Å². The SMILES string of the molecule is CC[C@@H](O)[C@@H](O)[C@H](CO[C@H]1OC(CO)[C@@H](O)C(O)[C@@H]1O)NC(=O)Cc1ccc(Oc2ccc(C)cc2)cc1. The second-order valence-corrected chi connectivity index (χ2v) is 9.41. The van der Waals surface area contributed by atoms with Gasteiger partial charge < -0.3 is 50.2 Å². The van der Waals surface area contributed by atoms with Crippen molar-refractivity contribution < 1.29 is 49.6 Å². The van der Waals surface area contributed by atoms with Crippen LogP contribution in [0.3, 0.4) is 0 Å². The van der Waals surface area contributed by atoms with Crippen LogP contribution < -0.4 is 10.1 Å². The predicted octanol–water partition coefficient (Wildman–Crippen LogP) is -0.237. The number of rotatable bonds is 12. The average Bonchev–Trinajstić information content (AvgIpc) is 2.92. The van der Waals surface area contributed by atoms with Crippen LogP contribution in [0, 0.1) is 6.92 Å². The van der Waals surface area contributed by atoms with Gasteiger partial charge in [-0.15, -0.1) is 0 Å². The van der Waals surface area contributed by atoms with Gasteiger partial charge in [-0.25, -0.2) is 0 Å². The second kappa shape index (κ2) is 14.0. The highest BCUT2D eigenvalue weighted by molar-refractivity contribution is 5.79. The van der Waals surface area contributed by atoms with E-state index < -0.39 is 68.1 Å². The highest BCUT2D eigenvalue weighted by atomic mass is 16.7. The molecule has 1 aliphatic heterocycles. The van der Waals surface area contributed by atoms with E-state index in [1.807, 2.05) is 31.2 Å². The Morgan fingerprint density at radius 2 is 1.58 bits per heavy atom. The zero-order valence-electron chi connectivity index (χ0n) is 21.4. The number of aliphatic hydroxyl groups is 6. The van der Waals surface area contributed by atoms with Crippen LogP contribution in [0.15, 0.2) is 48.5 Å². The molecule has 38 heavy (non-hydrogen) atoms. The summed E-state index contributed by atoms with van der Waals surface area (Å²) in [5.41, 5.74) is 1.80. The summed E-state index contributed by atoms with van der Waals surface area (Å²) in [4.78, 5) is 12.8. The van der Waals surface area contributed by atoms with Crippen molar-refractivity contribution in [1.29, 1.82) is 0 Å². The quantitative estimate of drug-likeness (QED) is 0.192. The molecule has 8 atom stereocenters. The highest BCUT2D eigenvalue weighted by Crippen LogP contribution is 2.23. The monoisotopic (exact) mass is 535 g/mol. The van der Waals surface area contributed by atoms with Gasteiger partial charge in [-0.1, -0.05) is 36.8 Å². The number of carbonyl (C=O) groups excluding carboxylic acids is 1. The summed E-state index contributed by atoms with van der Waals surface area (Å²) in [6, 6.07) is 13.5. The summed E-state index contributed by atoms with van der Waals surface area (Å²) in [7, 11) is 0. The molecule has 11 nitrogen and oxygen atoms in total. The lowest BCUT2D eigenvalue weighted by molar-refractivity contribution is -0.303. The Bertz CT molecular complexity index is 1000. The molecule has 1 amide bonds. The molecule has 2 aromatic carbocycles. The largest absolute Gasteiger partial charge is 0.457 e. The molecule has 1 saturated heterocycles. The van der Waals surface area contributed by atoms with Crippen molar-refractivity contribution in [2.45, 2.75) is 75.6 Å². The molecule has 0 aliphatic carbocycles. The van der Waals surface area contributed by atoms with E-state index >= 15 is 0 Å². The fourth-order valence-corrected chi connectivity index (χ4v) is 4.00. The van der Waals surface area contributed by atoms with Crippen molar-refractivity contribution in [1.82, 2.24) is 5.32 Å². The Kier molecular flexibility index (Phi) is 11.0. The van der Waals surface area contributed by atoms with Crippen molar-refractivity contribution in [2.75, 3.05) is 13.2 Å². The molecule has 0 aromatic heterocycles. The van der Waals surface area contributed by atoms with Crippen LogP contribution in [0.4, 0.5) is 0 Å². The van der Waals surface area contributed by atoms with Gasteiger partial charge in [0, 0.05) is 0 Å². The van der Waals surface area contributed by atoms with Gasteiger partial charge in [0.15, 0.2) is 6.29 Å². The number of hydrogen-bond acceptors (Lipinski definition) is 10. The minimum absolute atomic E-state index is 0.0314. The summed E-state index contributed by atoms with van der Waals surface area (Å²) in [5, 5.41) is 62.8. The molecule has 1 aliphatic rings. The molecule has 3 rings (SSSR count). The topological polar surface area (TPSA) is 178 Å². The number of amides is 1. The highest BCUT2D eigenvalue weighted by Gasteiger charge is 2.44. The third-order valence-electron chi connectivity index (χ3n) is 6.40. The number of aliphatic hydroxyl groups excluding tert-OH is 6. The summed E-state index contributed by atoms with van der Waals surface area (Å²) in [6.45, 7) is 2.62. The van der Waals surface area contributed by atoms with E-state index in [2.05, 4.69) is 5.32 Å². The Morgan fingerprint density at radius 1 is 0.974 bits per heavy atom. The van der Waals surface area contributed by atoms with Crippen LogP contribution in [0.1, 0.15) is 24.5 Å². The molecule has 1 fully saturated rings. The molecule has 0 radical (unpaired) electrons. The maximum atomic E-state index is 12.8. The van der Waals surface area contributed by atoms with Crippen molar-refractivity contribution in [2.24, 2.45) is 0 Å². The van der Waals surface area contributed by atoms with Crippen molar-refractivity contribution in [3.8, 4) is 11.5 Å². The molecular formula is C27H37NO10. The number of benzene rings is 2. The third-order valence-corrected chi connectivity index (χ3v) is 6.40. The van der Waals surface area contributed by atoms with Crippen molar-refractivity contribution >= 4 is 5.91 Å². The number of carbonyl (C=O) groups is 1. The van der Waals surface area contributed by atoms with E-state index in [0.717, 1.165) is 5.56 Å². The fourth-order valence-electron chi connectivity index (χ4n) is 4.00. The van der Waals surface area contributed by atoms with Gasteiger partial charge in [-0.05, 0) is 43.2 Å². The molecule has 11 heteroatoms. The number of hydrogen-bond donors (Lipinski definition) is 7. The molecule has 0 spiro atoms. The zero-order chi connectivity index (χ0) is 27.8. The Hall–Kier alpha value is -2.61. The van der Waals surface area contributed by atoms with E-state index in [-0.39, 0.29) is 12.8 Å². The van der Waals surface area contributed by atoms with Crippen molar-refractivity contribution in [3.63, 3.8) is 0 Å². The van der Waals surface area contributed by atoms with Crippen LogP contribution >= 0.6 is 0 Å². The first-order chi connectivity index (χ1) is 18.1. The first-order valence-corrected chi connectivity index (χ1v) is 12.5. The van der Waals surface area contributed by atoms with Gasteiger partial charge in [-0.3, -0.25) is 4.79 Å². The summed E-state index contributed by atoms with van der Waals surface area (Å²) in [5.74, 6) is 0.832. The molecule has 2 aromatic rings. The minimum atomic E-state index is -1.64. The summed E-state index contributed by atoms with van der Waals surface area (Å²) in [6.07, 6.45) is -9.84. The van der Waals surface area contributed by atoms with Gasteiger partial charge in [0.2, 0.25) is 5.91 Å². The van der Waals surface area contributed by atoms with Gasteiger partial charge >= 0.3 is 0 Å². The number of ether oxygens (including phenoxy) is 3. The Morgan fingerprint density at radius 3 is 2.16 bits per heavy atom. The maximum Gasteiger partial charge on any atom is 0.224 e. The van der Waals surface area contributed by atoms with Crippen LogP contribution in [0.25, 0.3) is 0 Å². The first kappa shape index (κ1) is 29.9. The lowest BCUT2D eigenvalue weighted by atomic mass is 9.99. The second-order valence-electron chi connectivity index (χ2n) is 9.41. The van der Waals surface area contributed by atoms with Gasteiger partial charge in [0.05, 0.1) is 31.8 Å².